The molecule has 0 radical (unpaired) electrons. The van der Waals surface area contributed by atoms with E-state index < -0.39 is 0 Å². The molecule has 1 heterocycles. The summed E-state index contributed by atoms with van der Waals surface area (Å²) >= 11 is 0. The van der Waals surface area contributed by atoms with Crippen LogP contribution in [0.2, 0.25) is 0 Å². The van der Waals surface area contributed by atoms with Crippen molar-refractivity contribution in [2.75, 3.05) is 13.1 Å². The van der Waals surface area contributed by atoms with Gasteiger partial charge >= 0.3 is 0 Å². The molecule has 20 heavy (non-hydrogen) atoms. The van der Waals surface area contributed by atoms with Gasteiger partial charge in [-0.1, -0.05) is 0 Å². The SMILES string of the molecule is CC(C)Oc1ccc(C(=O)NCCNC(C)(C)C)cn1. The fraction of sp³-hybridized carbons (Fsp3) is 0.600. The predicted octanol–water partition coefficient (Wildman–Crippen LogP) is 1.99. The molecule has 1 aromatic heterocycles. The van der Waals surface area contributed by atoms with Crippen LogP contribution in [0.25, 0.3) is 0 Å². The Hall–Kier alpha value is -1.62. The number of carbonyl (C=O) groups is 1. The lowest BCUT2D eigenvalue weighted by atomic mass is 10.1. The summed E-state index contributed by atoms with van der Waals surface area (Å²) in [5.41, 5.74) is 0.596. The van der Waals surface area contributed by atoms with E-state index in [9.17, 15) is 4.79 Å². The molecule has 1 rings (SSSR count). The van der Waals surface area contributed by atoms with Crippen molar-refractivity contribution >= 4 is 5.91 Å². The van der Waals surface area contributed by atoms with Gasteiger partial charge in [-0.2, -0.15) is 0 Å². The summed E-state index contributed by atoms with van der Waals surface area (Å²) < 4.78 is 5.43. The number of ether oxygens (including phenoxy) is 1. The van der Waals surface area contributed by atoms with Gasteiger partial charge in [-0.3, -0.25) is 4.79 Å². The van der Waals surface area contributed by atoms with Crippen molar-refractivity contribution in [3.05, 3.63) is 23.9 Å². The van der Waals surface area contributed by atoms with Crippen LogP contribution in [0.15, 0.2) is 18.3 Å². The van der Waals surface area contributed by atoms with Crippen molar-refractivity contribution in [1.29, 1.82) is 0 Å². The lowest BCUT2D eigenvalue weighted by molar-refractivity contribution is 0.0952. The fourth-order valence-electron chi connectivity index (χ4n) is 1.54. The maximum absolute atomic E-state index is 11.9. The van der Waals surface area contributed by atoms with Crippen LogP contribution in [-0.4, -0.2) is 35.6 Å². The minimum atomic E-state index is -0.121. The van der Waals surface area contributed by atoms with E-state index in [0.29, 0.717) is 18.0 Å². The van der Waals surface area contributed by atoms with E-state index in [2.05, 4.69) is 36.4 Å². The van der Waals surface area contributed by atoms with Gasteiger partial charge in [0.15, 0.2) is 0 Å². The first-order chi connectivity index (χ1) is 9.28. The Balaban J connectivity index is 2.40. The molecule has 1 aromatic rings. The van der Waals surface area contributed by atoms with Crippen molar-refractivity contribution in [2.45, 2.75) is 46.3 Å². The smallest absolute Gasteiger partial charge is 0.252 e. The molecule has 112 valence electrons. The maximum atomic E-state index is 11.9. The van der Waals surface area contributed by atoms with Crippen LogP contribution in [0.1, 0.15) is 45.0 Å². The van der Waals surface area contributed by atoms with Crippen LogP contribution in [0.5, 0.6) is 5.88 Å². The standard InChI is InChI=1S/C15H25N3O2/c1-11(2)20-13-7-6-12(10-17-13)14(19)16-8-9-18-15(3,4)5/h6-7,10-11,18H,8-9H2,1-5H3,(H,16,19). The highest BCUT2D eigenvalue weighted by molar-refractivity contribution is 5.93. The molecule has 0 aromatic carbocycles. The van der Waals surface area contributed by atoms with Crippen molar-refractivity contribution in [3.8, 4) is 5.88 Å². The number of hydrogen-bond acceptors (Lipinski definition) is 4. The minimum absolute atomic E-state index is 0.0577. The zero-order valence-electron chi connectivity index (χ0n) is 13.0. The van der Waals surface area contributed by atoms with E-state index in [-0.39, 0.29) is 17.6 Å². The summed E-state index contributed by atoms with van der Waals surface area (Å²) in [6, 6.07) is 3.43. The predicted molar refractivity (Wildman–Crippen MR) is 80.1 cm³/mol. The van der Waals surface area contributed by atoms with Gasteiger partial charge in [-0.05, 0) is 40.7 Å². The molecule has 0 unspecified atom stereocenters. The van der Waals surface area contributed by atoms with Crippen LogP contribution in [-0.2, 0) is 0 Å². The maximum Gasteiger partial charge on any atom is 0.252 e. The van der Waals surface area contributed by atoms with Gasteiger partial charge in [0, 0.05) is 30.9 Å². The van der Waals surface area contributed by atoms with Crippen molar-refractivity contribution in [3.63, 3.8) is 0 Å². The van der Waals surface area contributed by atoms with E-state index in [0.717, 1.165) is 6.54 Å². The molecule has 0 spiro atoms. The highest BCUT2D eigenvalue weighted by Crippen LogP contribution is 2.09. The summed E-state index contributed by atoms with van der Waals surface area (Å²) in [5, 5.41) is 6.16. The molecule has 5 nitrogen and oxygen atoms in total. The molecular weight excluding hydrogens is 254 g/mol. The molecule has 5 heteroatoms. The quantitative estimate of drug-likeness (QED) is 0.782. The first-order valence-corrected chi connectivity index (χ1v) is 6.94. The number of aromatic nitrogens is 1. The number of hydrogen-bond donors (Lipinski definition) is 2. The molecule has 0 aliphatic heterocycles. The third-order valence-corrected chi connectivity index (χ3v) is 2.42. The lowest BCUT2D eigenvalue weighted by Crippen LogP contribution is -2.41. The third kappa shape index (κ3) is 6.52. The number of nitrogens with one attached hydrogen (secondary N) is 2. The van der Waals surface area contributed by atoms with Gasteiger partial charge in [0.2, 0.25) is 5.88 Å². The number of nitrogens with zero attached hydrogens (tertiary/aromatic N) is 1. The Morgan fingerprint density at radius 3 is 2.50 bits per heavy atom. The molecule has 0 atom stereocenters. The summed E-state index contributed by atoms with van der Waals surface area (Å²) in [6.45, 7) is 11.5. The second kappa shape index (κ2) is 7.24. The second-order valence-corrected chi connectivity index (χ2v) is 5.98. The first-order valence-electron chi connectivity index (χ1n) is 6.94. The van der Waals surface area contributed by atoms with Gasteiger partial charge in [-0.25, -0.2) is 4.98 Å². The van der Waals surface area contributed by atoms with E-state index in [4.69, 9.17) is 4.74 Å². The normalized spacial score (nSPS) is 11.5. The topological polar surface area (TPSA) is 63.2 Å². The Morgan fingerprint density at radius 2 is 2.00 bits per heavy atom. The van der Waals surface area contributed by atoms with Crippen LogP contribution >= 0.6 is 0 Å². The summed E-state index contributed by atoms with van der Waals surface area (Å²) in [7, 11) is 0. The van der Waals surface area contributed by atoms with Gasteiger partial charge in [-0.15, -0.1) is 0 Å². The highest BCUT2D eigenvalue weighted by atomic mass is 16.5. The van der Waals surface area contributed by atoms with Gasteiger partial charge < -0.3 is 15.4 Å². The Labute approximate surface area is 121 Å². The minimum Gasteiger partial charge on any atom is -0.475 e. The lowest BCUT2D eigenvalue weighted by Gasteiger charge is -2.20. The van der Waals surface area contributed by atoms with Crippen molar-refractivity contribution < 1.29 is 9.53 Å². The fourth-order valence-corrected chi connectivity index (χ4v) is 1.54. The number of amides is 1. The van der Waals surface area contributed by atoms with E-state index in [1.54, 1.807) is 12.1 Å². The highest BCUT2D eigenvalue weighted by Gasteiger charge is 2.09. The van der Waals surface area contributed by atoms with E-state index in [1.165, 1.54) is 6.20 Å². The first kappa shape index (κ1) is 16.4. The largest absolute Gasteiger partial charge is 0.475 e. The van der Waals surface area contributed by atoms with Crippen LogP contribution in [0.4, 0.5) is 0 Å². The molecule has 0 fully saturated rings. The molecule has 0 aliphatic carbocycles. The number of rotatable bonds is 6. The van der Waals surface area contributed by atoms with Gasteiger partial charge in [0.05, 0.1) is 11.7 Å². The third-order valence-electron chi connectivity index (χ3n) is 2.42. The molecular formula is C15H25N3O2. The zero-order chi connectivity index (χ0) is 15.2. The molecule has 2 N–H and O–H groups in total. The van der Waals surface area contributed by atoms with E-state index in [1.807, 2.05) is 13.8 Å². The second-order valence-electron chi connectivity index (χ2n) is 5.98. The molecule has 1 amide bonds. The van der Waals surface area contributed by atoms with Crippen molar-refractivity contribution in [2.24, 2.45) is 0 Å². The number of carbonyl (C=O) groups excluding carboxylic acids is 1. The average Bonchev–Trinajstić information content (AvgIpc) is 2.33. The Kier molecular flexibility index (Phi) is 5.95. The molecule has 0 aliphatic rings. The van der Waals surface area contributed by atoms with Gasteiger partial charge in [0.1, 0.15) is 0 Å². The van der Waals surface area contributed by atoms with Gasteiger partial charge in [0.25, 0.3) is 5.91 Å². The molecule has 0 saturated heterocycles. The molecule has 0 bridgehead atoms. The van der Waals surface area contributed by atoms with Crippen LogP contribution in [0, 0.1) is 0 Å². The van der Waals surface area contributed by atoms with Crippen LogP contribution in [0.3, 0.4) is 0 Å². The van der Waals surface area contributed by atoms with Crippen molar-refractivity contribution in [1.82, 2.24) is 15.6 Å². The van der Waals surface area contributed by atoms with E-state index >= 15 is 0 Å². The summed E-state index contributed by atoms with van der Waals surface area (Å²) in [4.78, 5) is 16.0. The number of pyridine rings is 1. The summed E-state index contributed by atoms with van der Waals surface area (Å²) in [5.74, 6) is 0.412. The Bertz CT molecular complexity index is 422. The van der Waals surface area contributed by atoms with Crippen LogP contribution < -0.4 is 15.4 Å². The zero-order valence-corrected chi connectivity index (χ0v) is 13.0. The monoisotopic (exact) mass is 279 g/mol. The summed E-state index contributed by atoms with van der Waals surface area (Å²) in [6.07, 6.45) is 1.61. The molecule has 0 saturated carbocycles. The average molecular weight is 279 g/mol. The Morgan fingerprint density at radius 1 is 1.30 bits per heavy atom.